The van der Waals surface area contributed by atoms with Gasteiger partial charge in [0.2, 0.25) is 0 Å². The molecule has 33 heavy (non-hydrogen) atoms. The normalized spacial score (nSPS) is 17.1. The maximum atomic E-state index is 12.8. The minimum absolute atomic E-state index is 0.244. The third-order valence-electron chi connectivity index (χ3n) is 6.12. The first-order valence-electron chi connectivity index (χ1n) is 11.2. The number of carbonyl (C=O) groups excluding carboxylic acids is 3. The standard InChI is InChI=1S/C25H29N3O5/c1-3-32-22(29)20-5-4-6-21(15-20)26-23(30)27-13-11-25(12-14-27)17-28(24(31)33-25)16-19-9-7-18(2)8-10-19/h4-10,15H,3,11-14,16-17H2,1-2H3,(H,26,30). The molecule has 0 saturated carbocycles. The number of amides is 3. The van der Waals surface area contributed by atoms with Crippen molar-refractivity contribution < 1.29 is 23.9 Å². The molecule has 2 fully saturated rings. The number of carbonyl (C=O) groups is 3. The van der Waals surface area contributed by atoms with Gasteiger partial charge in [0.15, 0.2) is 0 Å². The molecule has 1 spiro atoms. The Balaban J connectivity index is 1.31. The molecule has 1 N–H and O–H groups in total. The summed E-state index contributed by atoms with van der Waals surface area (Å²) < 4.78 is 10.8. The van der Waals surface area contributed by atoms with E-state index in [4.69, 9.17) is 9.47 Å². The highest BCUT2D eigenvalue weighted by atomic mass is 16.6. The van der Waals surface area contributed by atoms with Gasteiger partial charge in [0, 0.05) is 38.2 Å². The summed E-state index contributed by atoms with van der Waals surface area (Å²) >= 11 is 0. The number of urea groups is 1. The fraction of sp³-hybridized carbons (Fsp3) is 0.400. The van der Waals surface area contributed by atoms with Gasteiger partial charge < -0.3 is 19.7 Å². The third kappa shape index (κ3) is 5.27. The molecule has 8 heteroatoms. The number of hydrogen-bond donors (Lipinski definition) is 1. The number of anilines is 1. The molecule has 0 aromatic heterocycles. The van der Waals surface area contributed by atoms with Crippen LogP contribution in [-0.2, 0) is 16.0 Å². The van der Waals surface area contributed by atoms with Crippen molar-refractivity contribution in [2.45, 2.75) is 38.8 Å². The van der Waals surface area contributed by atoms with Crippen molar-refractivity contribution in [2.24, 2.45) is 0 Å². The van der Waals surface area contributed by atoms with E-state index < -0.39 is 11.6 Å². The number of esters is 1. The third-order valence-corrected chi connectivity index (χ3v) is 6.12. The molecule has 0 aliphatic carbocycles. The molecule has 2 heterocycles. The Morgan fingerprint density at radius 3 is 2.55 bits per heavy atom. The van der Waals surface area contributed by atoms with E-state index in [-0.39, 0.29) is 18.7 Å². The van der Waals surface area contributed by atoms with E-state index in [2.05, 4.69) is 5.32 Å². The number of ether oxygens (including phenoxy) is 2. The Morgan fingerprint density at radius 1 is 1.12 bits per heavy atom. The van der Waals surface area contributed by atoms with Crippen LogP contribution in [0.3, 0.4) is 0 Å². The van der Waals surface area contributed by atoms with Crippen LogP contribution in [0.4, 0.5) is 15.3 Å². The van der Waals surface area contributed by atoms with Crippen LogP contribution in [0.2, 0.25) is 0 Å². The second-order valence-corrected chi connectivity index (χ2v) is 8.61. The fourth-order valence-electron chi connectivity index (χ4n) is 4.25. The van der Waals surface area contributed by atoms with Gasteiger partial charge in [0.25, 0.3) is 0 Å². The summed E-state index contributed by atoms with van der Waals surface area (Å²) in [5, 5.41) is 2.84. The Hall–Kier alpha value is -3.55. The van der Waals surface area contributed by atoms with Crippen LogP contribution >= 0.6 is 0 Å². The maximum Gasteiger partial charge on any atom is 0.410 e. The van der Waals surface area contributed by atoms with Crippen LogP contribution in [0, 0.1) is 6.92 Å². The first kappa shape index (κ1) is 22.6. The Bertz CT molecular complexity index is 1030. The zero-order chi connectivity index (χ0) is 23.4. The summed E-state index contributed by atoms with van der Waals surface area (Å²) in [6.07, 6.45) is 0.864. The largest absolute Gasteiger partial charge is 0.462 e. The Kier molecular flexibility index (Phi) is 6.53. The summed E-state index contributed by atoms with van der Waals surface area (Å²) in [5.41, 5.74) is 2.61. The molecule has 2 saturated heterocycles. The average molecular weight is 452 g/mol. The lowest BCUT2D eigenvalue weighted by atomic mass is 9.91. The summed E-state index contributed by atoms with van der Waals surface area (Å²) in [5.74, 6) is -0.424. The molecule has 3 amide bonds. The van der Waals surface area contributed by atoms with E-state index in [0.717, 1.165) is 5.56 Å². The quantitative estimate of drug-likeness (QED) is 0.689. The van der Waals surface area contributed by atoms with Gasteiger partial charge in [-0.3, -0.25) is 4.90 Å². The summed E-state index contributed by atoms with van der Waals surface area (Å²) in [4.78, 5) is 40.6. The molecule has 0 bridgehead atoms. The van der Waals surface area contributed by atoms with Gasteiger partial charge in [0.05, 0.1) is 18.7 Å². The van der Waals surface area contributed by atoms with Crippen LogP contribution in [0.15, 0.2) is 48.5 Å². The zero-order valence-electron chi connectivity index (χ0n) is 19.0. The summed E-state index contributed by atoms with van der Waals surface area (Å²) in [7, 11) is 0. The van der Waals surface area contributed by atoms with E-state index in [1.54, 1.807) is 41.0 Å². The molecule has 2 aliphatic rings. The highest BCUT2D eigenvalue weighted by molar-refractivity contribution is 5.94. The number of piperidine rings is 1. The van der Waals surface area contributed by atoms with Crippen LogP contribution in [0.5, 0.6) is 0 Å². The molecule has 4 rings (SSSR count). The molecular formula is C25H29N3O5. The van der Waals surface area contributed by atoms with Crippen molar-refractivity contribution in [3.63, 3.8) is 0 Å². The lowest BCUT2D eigenvalue weighted by Gasteiger charge is -2.37. The predicted octanol–water partition coefficient (Wildman–Crippen LogP) is 4.19. The number of rotatable bonds is 5. The molecule has 2 aromatic rings. The van der Waals surface area contributed by atoms with E-state index in [9.17, 15) is 14.4 Å². The number of nitrogens with zero attached hydrogens (tertiary/aromatic N) is 2. The minimum Gasteiger partial charge on any atom is -0.462 e. The highest BCUT2D eigenvalue weighted by Gasteiger charge is 2.47. The van der Waals surface area contributed by atoms with Crippen molar-refractivity contribution >= 4 is 23.8 Å². The minimum atomic E-state index is -0.553. The molecule has 8 nitrogen and oxygen atoms in total. The van der Waals surface area contributed by atoms with Crippen molar-refractivity contribution in [1.82, 2.24) is 9.80 Å². The van der Waals surface area contributed by atoms with Crippen molar-refractivity contribution in [3.8, 4) is 0 Å². The number of hydrogen-bond acceptors (Lipinski definition) is 5. The van der Waals surface area contributed by atoms with Gasteiger partial charge in [-0.15, -0.1) is 0 Å². The second-order valence-electron chi connectivity index (χ2n) is 8.61. The maximum absolute atomic E-state index is 12.8. The van der Waals surface area contributed by atoms with Gasteiger partial charge in [-0.25, -0.2) is 14.4 Å². The summed E-state index contributed by atoms with van der Waals surface area (Å²) in [6.45, 7) is 6.07. The first-order valence-corrected chi connectivity index (χ1v) is 11.2. The van der Waals surface area contributed by atoms with Crippen molar-refractivity contribution in [3.05, 3.63) is 65.2 Å². The molecule has 0 radical (unpaired) electrons. The monoisotopic (exact) mass is 451 g/mol. The lowest BCUT2D eigenvalue weighted by molar-refractivity contribution is 0.0108. The smallest absolute Gasteiger partial charge is 0.410 e. The fourth-order valence-corrected chi connectivity index (χ4v) is 4.25. The molecule has 0 unspecified atom stereocenters. The predicted molar refractivity (Wildman–Crippen MR) is 123 cm³/mol. The second kappa shape index (κ2) is 9.52. The van der Waals surface area contributed by atoms with Gasteiger partial charge in [0.1, 0.15) is 5.60 Å². The SMILES string of the molecule is CCOC(=O)c1cccc(NC(=O)N2CCC3(CC2)CN(Cc2ccc(C)cc2)C(=O)O3)c1. The van der Waals surface area contributed by atoms with Crippen LogP contribution in [0.25, 0.3) is 0 Å². The molecule has 2 aromatic carbocycles. The van der Waals surface area contributed by atoms with Crippen LogP contribution in [-0.4, -0.2) is 59.7 Å². The van der Waals surface area contributed by atoms with Gasteiger partial charge >= 0.3 is 18.1 Å². The van der Waals surface area contributed by atoms with Crippen LogP contribution in [0.1, 0.15) is 41.3 Å². The number of nitrogens with one attached hydrogen (secondary N) is 1. The highest BCUT2D eigenvalue weighted by Crippen LogP contribution is 2.34. The number of benzene rings is 2. The molecule has 0 atom stereocenters. The Labute approximate surface area is 193 Å². The zero-order valence-corrected chi connectivity index (χ0v) is 19.0. The van der Waals surface area contributed by atoms with Crippen molar-refractivity contribution in [1.29, 1.82) is 0 Å². The van der Waals surface area contributed by atoms with Gasteiger partial charge in [-0.05, 0) is 37.6 Å². The van der Waals surface area contributed by atoms with E-state index >= 15 is 0 Å². The molecule has 174 valence electrons. The average Bonchev–Trinajstić information content (AvgIpc) is 3.10. The van der Waals surface area contributed by atoms with E-state index in [1.165, 1.54) is 5.56 Å². The van der Waals surface area contributed by atoms with Gasteiger partial charge in [-0.1, -0.05) is 35.9 Å². The van der Waals surface area contributed by atoms with Crippen molar-refractivity contribution in [2.75, 3.05) is 31.6 Å². The van der Waals surface area contributed by atoms with E-state index in [1.807, 2.05) is 31.2 Å². The number of likely N-dealkylation sites (tertiary alicyclic amines) is 1. The number of aryl methyl sites for hydroxylation is 1. The van der Waals surface area contributed by atoms with E-state index in [0.29, 0.717) is 50.3 Å². The summed E-state index contributed by atoms with van der Waals surface area (Å²) in [6, 6.07) is 14.6. The topological polar surface area (TPSA) is 88.2 Å². The first-order chi connectivity index (χ1) is 15.9. The van der Waals surface area contributed by atoms with Crippen LogP contribution < -0.4 is 5.32 Å². The molecule has 2 aliphatic heterocycles. The Morgan fingerprint density at radius 2 is 1.85 bits per heavy atom. The lowest BCUT2D eigenvalue weighted by Crippen LogP contribution is -2.49. The van der Waals surface area contributed by atoms with Gasteiger partial charge in [-0.2, -0.15) is 0 Å². The molecular weight excluding hydrogens is 422 g/mol.